The van der Waals surface area contributed by atoms with E-state index in [4.69, 9.17) is 5.73 Å². The molecule has 0 amide bonds. The molecule has 0 unspecified atom stereocenters. The Hall–Kier alpha value is -1.40. The Bertz CT molecular complexity index is 619. The number of imidazole rings is 1. The minimum atomic E-state index is 0.726. The zero-order valence-corrected chi connectivity index (χ0v) is 9.60. The fourth-order valence-electron chi connectivity index (χ4n) is 1.56. The number of hydrogen-bond donors (Lipinski definition) is 1. The van der Waals surface area contributed by atoms with E-state index in [2.05, 4.69) is 14.4 Å². The van der Waals surface area contributed by atoms with Crippen LogP contribution in [-0.4, -0.2) is 14.4 Å². The van der Waals surface area contributed by atoms with Crippen LogP contribution in [0.25, 0.3) is 16.3 Å². The van der Waals surface area contributed by atoms with Gasteiger partial charge < -0.3 is 5.73 Å². The van der Waals surface area contributed by atoms with Crippen LogP contribution in [0.2, 0.25) is 0 Å². The molecule has 0 saturated heterocycles. The van der Waals surface area contributed by atoms with E-state index in [-0.39, 0.29) is 0 Å². The normalized spacial score (nSPS) is 11.3. The third-order valence-electron chi connectivity index (χ3n) is 2.32. The third kappa shape index (κ3) is 1.18. The van der Waals surface area contributed by atoms with Gasteiger partial charge in [0.2, 0.25) is 0 Å². The van der Waals surface area contributed by atoms with E-state index in [0.29, 0.717) is 0 Å². The van der Waals surface area contributed by atoms with Gasteiger partial charge in [0.05, 0.1) is 5.51 Å². The average molecular weight is 236 g/mol. The molecule has 3 rings (SSSR count). The van der Waals surface area contributed by atoms with Crippen molar-refractivity contribution in [3.05, 3.63) is 22.8 Å². The highest BCUT2D eigenvalue weighted by Gasteiger charge is 2.15. The summed E-state index contributed by atoms with van der Waals surface area (Å²) in [6, 6.07) is 0. The molecule has 0 aliphatic rings. The number of aryl methyl sites for hydroxylation is 1. The Morgan fingerprint density at radius 3 is 2.87 bits per heavy atom. The van der Waals surface area contributed by atoms with Crippen LogP contribution >= 0.6 is 22.7 Å². The molecule has 0 aliphatic carbocycles. The minimum Gasteiger partial charge on any atom is -0.389 e. The molecule has 76 valence electrons. The van der Waals surface area contributed by atoms with Gasteiger partial charge in [0.1, 0.15) is 16.4 Å². The molecular weight excluding hydrogens is 228 g/mol. The summed E-state index contributed by atoms with van der Waals surface area (Å²) in [5.41, 5.74) is 10.4. The van der Waals surface area contributed by atoms with Crippen molar-refractivity contribution in [1.82, 2.24) is 14.4 Å². The summed E-state index contributed by atoms with van der Waals surface area (Å²) in [5, 5.41) is 2.74. The molecule has 3 aromatic rings. The largest absolute Gasteiger partial charge is 0.389 e. The van der Waals surface area contributed by atoms with Crippen LogP contribution in [0.3, 0.4) is 0 Å². The van der Waals surface area contributed by atoms with E-state index in [1.54, 1.807) is 16.8 Å². The lowest BCUT2D eigenvalue weighted by Crippen LogP contribution is -1.89. The summed E-state index contributed by atoms with van der Waals surface area (Å²) in [6.07, 6.45) is 2.01. The molecule has 0 saturated carbocycles. The van der Waals surface area contributed by atoms with Crippen molar-refractivity contribution < 1.29 is 0 Å². The molecule has 15 heavy (non-hydrogen) atoms. The number of nitrogen functional groups attached to an aromatic ring is 1. The first kappa shape index (κ1) is 8.87. The summed E-state index contributed by atoms with van der Waals surface area (Å²) in [4.78, 5) is 9.75. The van der Waals surface area contributed by atoms with Crippen LogP contribution in [0.4, 0.5) is 5.00 Å². The number of nitrogens with two attached hydrogens (primary N) is 1. The van der Waals surface area contributed by atoms with Crippen LogP contribution in [0, 0.1) is 6.92 Å². The molecule has 0 aliphatic heterocycles. The van der Waals surface area contributed by atoms with E-state index in [0.717, 1.165) is 27.0 Å². The van der Waals surface area contributed by atoms with Crippen LogP contribution in [-0.2, 0) is 0 Å². The maximum absolute atomic E-state index is 5.84. The predicted molar refractivity (Wildman–Crippen MR) is 63.3 cm³/mol. The van der Waals surface area contributed by atoms with Gasteiger partial charge in [-0.05, 0) is 6.92 Å². The monoisotopic (exact) mass is 236 g/mol. The van der Waals surface area contributed by atoms with Gasteiger partial charge >= 0.3 is 0 Å². The number of hydrogen-bond acceptors (Lipinski definition) is 5. The lowest BCUT2D eigenvalue weighted by molar-refractivity contribution is 1.14. The smallest absolute Gasteiger partial charge is 0.194 e. The first-order valence-electron chi connectivity index (χ1n) is 4.39. The first-order valence-corrected chi connectivity index (χ1v) is 6.15. The Balaban J connectivity index is 2.31. The number of anilines is 1. The van der Waals surface area contributed by atoms with Crippen LogP contribution in [0.1, 0.15) is 5.69 Å². The highest BCUT2D eigenvalue weighted by molar-refractivity contribution is 7.15. The van der Waals surface area contributed by atoms with E-state index in [1.807, 2.05) is 18.5 Å². The lowest BCUT2D eigenvalue weighted by atomic mass is 10.3. The molecule has 3 aromatic heterocycles. The predicted octanol–water partition coefficient (Wildman–Crippen LogP) is 2.41. The fraction of sp³-hybridized carbons (Fsp3) is 0.111. The zero-order chi connectivity index (χ0) is 10.4. The van der Waals surface area contributed by atoms with Gasteiger partial charge in [0.15, 0.2) is 4.96 Å². The highest BCUT2D eigenvalue weighted by atomic mass is 32.1. The molecule has 3 heterocycles. The zero-order valence-electron chi connectivity index (χ0n) is 7.97. The lowest BCUT2D eigenvalue weighted by Gasteiger charge is -1.95. The van der Waals surface area contributed by atoms with Crippen molar-refractivity contribution in [3.8, 4) is 11.4 Å². The van der Waals surface area contributed by atoms with E-state index in [9.17, 15) is 0 Å². The summed E-state index contributed by atoms with van der Waals surface area (Å²) in [7, 11) is 0. The van der Waals surface area contributed by atoms with Crippen molar-refractivity contribution in [2.24, 2.45) is 0 Å². The van der Waals surface area contributed by atoms with Crippen molar-refractivity contribution in [3.63, 3.8) is 0 Å². The summed E-state index contributed by atoms with van der Waals surface area (Å²) in [6.45, 7) is 2.03. The van der Waals surface area contributed by atoms with Gasteiger partial charge in [0.25, 0.3) is 0 Å². The van der Waals surface area contributed by atoms with E-state index < -0.39 is 0 Å². The van der Waals surface area contributed by atoms with Crippen molar-refractivity contribution in [1.29, 1.82) is 0 Å². The second kappa shape index (κ2) is 3.04. The molecule has 0 radical (unpaired) electrons. The van der Waals surface area contributed by atoms with Crippen LogP contribution < -0.4 is 5.73 Å². The fourth-order valence-corrected chi connectivity index (χ4v) is 2.85. The Labute approximate surface area is 94.0 Å². The number of thiazole rings is 2. The van der Waals surface area contributed by atoms with Crippen molar-refractivity contribution >= 4 is 32.6 Å². The number of aromatic nitrogens is 3. The number of nitrogens with zero attached hydrogens (tertiary/aromatic N) is 3. The van der Waals surface area contributed by atoms with Crippen LogP contribution in [0.15, 0.2) is 17.1 Å². The SMILES string of the molecule is Cc1c(-c2ncsc2N)nc2sccn12. The number of rotatable bonds is 1. The van der Waals surface area contributed by atoms with E-state index >= 15 is 0 Å². The summed E-state index contributed by atoms with van der Waals surface area (Å²) < 4.78 is 2.05. The third-order valence-corrected chi connectivity index (χ3v) is 3.73. The topological polar surface area (TPSA) is 56.2 Å². The quantitative estimate of drug-likeness (QED) is 0.706. The molecule has 0 fully saturated rings. The highest BCUT2D eigenvalue weighted by Crippen LogP contribution is 2.30. The van der Waals surface area contributed by atoms with Gasteiger partial charge in [-0.1, -0.05) is 0 Å². The maximum Gasteiger partial charge on any atom is 0.194 e. The average Bonchev–Trinajstić information content (AvgIpc) is 2.85. The first-order chi connectivity index (χ1) is 7.27. The summed E-state index contributed by atoms with van der Waals surface area (Å²) in [5.74, 6) is 0. The van der Waals surface area contributed by atoms with Gasteiger partial charge in [-0.3, -0.25) is 4.40 Å². The molecule has 0 atom stereocenters. The molecule has 6 heteroatoms. The van der Waals surface area contributed by atoms with E-state index in [1.165, 1.54) is 11.3 Å². The van der Waals surface area contributed by atoms with Gasteiger partial charge in [-0.15, -0.1) is 22.7 Å². The molecule has 4 nitrogen and oxygen atoms in total. The van der Waals surface area contributed by atoms with Gasteiger partial charge in [-0.2, -0.15) is 0 Å². The van der Waals surface area contributed by atoms with Gasteiger partial charge in [-0.25, -0.2) is 9.97 Å². The maximum atomic E-state index is 5.84. The standard InChI is InChI=1S/C9H8N4S2/c1-5-6(7-8(10)15-4-11-7)12-9-13(5)2-3-14-9/h2-4H,10H2,1H3. The molecule has 0 spiro atoms. The molecular formula is C9H8N4S2. The molecule has 0 aromatic carbocycles. The van der Waals surface area contributed by atoms with Crippen molar-refractivity contribution in [2.75, 3.05) is 5.73 Å². The summed E-state index contributed by atoms with van der Waals surface area (Å²) >= 11 is 3.05. The minimum absolute atomic E-state index is 0.726. The second-order valence-corrected chi connectivity index (χ2v) is 4.93. The Morgan fingerprint density at radius 1 is 1.33 bits per heavy atom. The second-order valence-electron chi connectivity index (χ2n) is 3.17. The van der Waals surface area contributed by atoms with Crippen molar-refractivity contribution in [2.45, 2.75) is 6.92 Å². The number of fused-ring (bicyclic) bond motifs is 1. The van der Waals surface area contributed by atoms with Gasteiger partial charge in [0, 0.05) is 17.3 Å². The van der Waals surface area contributed by atoms with Crippen LogP contribution in [0.5, 0.6) is 0 Å². The molecule has 0 bridgehead atoms. The Kier molecular flexibility index (Phi) is 1.80. The Morgan fingerprint density at radius 2 is 2.20 bits per heavy atom. The molecule has 2 N–H and O–H groups in total.